The van der Waals surface area contributed by atoms with Crippen LogP contribution in [0.3, 0.4) is 0 Å². The van der Waals surface area contributed by atoms with Crippen molar-refractivity contribution in [3.05, 3.63) is 108 Å². The molecule has 1 fully saturated rings. The van der Waals surface area contributed by atoms with Crippen LogP contribution in [-0.4, -0.2) is 71.8 Å². The molecule has 2 atom stereocenters. The van der Waals surface area contributed by atoms with Crippen LogP contribution in [0.5, 0.6) is 0 Å². The molecule has 3 aromatic rings. The largest absolute Gasteiger partial charge is 0.462 e. The SMILES string of the molecule is O=C(N[C@H]1CCC=CC[C@H](CC(=O)N(CCO)Cc2ccccc2)C(=O)NC2(CCCC2)COC1=O)OCC1c2ccccc2-c2ccccc21. The minimum Gasteiger partial charge on any atom is -0.462 e. The van der Waals surface area contributed by atoms with Crippen LogP contribution >= 0.6 is 0 Å². The van der Waals surface area contributed by atoms with Crippen molar-refractivity contribution >= 4 is 23.9 Å². The number of allylic oxidation sites excluding steroid dienone is 2. The first-order chi connectivity index (χ1) is 24.9. The van der Waals surface area contributed by atoms with Crippen molar-refractivity contribution in [3.63, 3.8) is 0 Å². The van der Waals surface area contributed by atoms with Crippen LogP contribution in [0.1, 0.15) is 74.0 Å². The minimum absolute atomic E-state index is 0.0230. The summed E-state index contributed by atoms with van der Waals surface area (Å²) in [5, 5.41) is 15.6. The van der Waals surface area contributed by atoms with E-state index in [2.05, 4.69) is 22.8 Å². The highest BCUT2D eigenvalue weighted by atomic mass is 16.6. The van der Waals surface area contributed by atoms with E-state index in [1.807, 2.05) is 78.9 Å². The minimum atomic E-state index is -0.942. The van der Waals surface area contributed by atoms with Gasteiger partial charge in [0.2, 0.25) is 11.8 Å². The van der Waals surface area contributed by atoms with E-state index >= 15 is 0 Å². The second-order valence-corrected chi connectivity index (χ2v) is 13.8. The van der Waals surface area contributed by atoms with Crippen LogP contribution < -0.4 is 10.6 Å². The van der Waals surface area contributed by atoms with Gasteiger partial charge in [0.1, 0.15) is 19.3 Å². The number of hydrogen-bond donors (Lipinski definition) is 3. The average molecular weight is 694 g/mol. The Morgan fingerprint density at radius 2 is 1.59 bits per heavy atom. The van der Waals surface area contributed by atoms with Gasteiger partial charge in [-0.1, -0.05) is 104 Å². The summed E-state index contributed by atoms with van der Waals surface area (Å²) >= 11 is 0. The van der Waals surface area contributed by atoms with Gasteiger partial charge in [-0.2, -0.15) is 0 Å². The lowest BCUT2D eigenvalue weighted by atomic mass is 9.94. The van der Waals surface area contributed by atoms with Gasteiger partial charge in [-0.25, -0.2) is 9.59 Å². The molecule has 1 heterocycles. The Kier molecular flexibility index (Phi) is 11.8. The number of carbonyl (C=O) groups excluding carboxylic acids is 4. The maximum Gasteiger partial charge on any atom is 0.407 e. The molecule has 3 amide bonds. The van der Waals surface area contributed by atoms with Crippen molar-refractivity contribution in [1.29, 1.82) is 0 Å². The first-order valence-corrected chi connectivity index (χ1v) is 18.0. The number of nitrogens with one attached hydrogen (secondary N) is 2. The molecule has 1 aliphatic heterocycles. The Morgan fingerprint density at radius 1 is 0.922 bits per heavy atom. The lowest BCUT2D eigenvalue weighted by Gasteiger charge is -2.32. The molecular weight excluding hydrogens is 646 g/mol. The summed E-state index contributed by atoms with van der Waals surface area (Å²) in [6, 6.07) is 24.8. The molecular formula is C41H47N3O7. The van der Waals surface area contributed by atoms with E-state index in [-0.39, 0.29) is 56.9 Å². The summed E-state index contributed by atoms with van der Waals surface area (Å²) in [5.41, 5.74) is 4.63. The fourth-order valence-electron chi connectivity index (χ4n) is 7.54. The number of alkyl carbamates (subject to hydrolysis) is 1. The normalized spacial score (nSPS) is 20.2. The molecule has 0 bridgehead atoms. The van der Waals surface area contributed by atoms with Crippen molar-refractivity contribution in [2.45, 2.75) is 75.4 Å². The van der Waals surface area contributed by atoms with Gasteiger partial charge in [-0.05, 0) is 59.9 Å². The molecule has 6 rings (SSSR count). The first-order valence-electron chi connectivity index (χ1n) is 18.0. The van der Waals surface area contributed by atoms with Crippen LogP contribution in [0, 0.1) is 5.92 Å². The van der Waals surface area contributed by atoms with Crippen LogP contribution in [0.2, 0.25) is 0 Å². The van der Waals surface area contributed by atoms with Gasteiger partial charge in [-0.3, -0.25) is 9.59 Å². The molecule has 51 heavy (non-hydrogen) atoms. The van der Waals surface area contributed by atoms with Gasteiger partial charge in [0.15, 0.2) is 0 Å². The molecule has 10 nitrogen and oxygen atoms in total. The Bertz CT molecular complexity index is 1670. The molecule has 2 aliphatic carbocycles. The van der Waals surface area contributed by atoms with Crippen LogP contribution in [0.25, 0.3) is 11.1 Å². The fourth-order valence-corrected chi connectivity index (χ4v) is 7.54. The lowest BCUT2D eigenvalue weighted by Crippen LogP contribution is -2.53. The Hall–Kier alpha value is -4.96. The van der Waals surface area contributed by atoms with E-state index in [9.17, 15) is 24.3 Å². The van der Waals surface area contributed by atoms with Crippen molar-refractivity contribution < 1.29 is 33.8 Å². The molecule has 268 valence electrons. The van der Waals surface area contributed by atoms with E-state index < -0.39 is 29.6 Å². The summed E-state index contributed by atoms with van der Waals surface area (Å²) in [7, 11) is 0. The third kappa shape index (κ3) is 8.86. The summed E-state index contributed by atoms with van der Waals surface area (Å²) in [6.45, 7) is 0.407. The number of benzene rings is 3. The molecule has 3 N–H and O–H groups in total. The van der Waals surface area contributed by atoms with E-state index in [1.165, 1.54) is 0 Å². The zero-order chi connectivity index (χ0) is 35.6. The summed E-state index contributed by atoms with van der Waals surface area (Å²) < 4.78 is 11.6. The highest BCUT2D eigenvalue weighted by Crippen LogP contribution is 2.44. The fraction of sp³-hybridized carbons (Fsp3) is 0.415. The van der Waals surface area contributed by atoms with Gasteiger partial charge >= 0.3 is 12.1 Å². The predicted molar refractivity (Wildman–Crippen MR) is 192 cm³/mol. The smallest absolute Gasteiger partial charge is 0.407 e. The Balaban J connectivity index is 1.11. The number of amides is 3. The quantitative estimate of drug-likeness (QED) is 0.195. The molecule has 0 saturated heterocycles. The highest BCUT2D eigenvalue weighted by Gasteiger charge is 2.40. The molecule has 1 saturated carbocycles. The topological polar surface area (TPSA) is 134 Å². The molecule has 0 unspecified atom stereocenters. The number of aliphatic hydroxyl groups is 1. The van der Waals surface area contributed by atoms with Gasteiger partial charge in [0.25, 0.3) is 0 Å². The van der Waals surface area contributed by atoms with E-state index in [4.69, 9.17) is 9.47 Å². The van der Waals surface area contributed by atoms with Crippen LogP contribution in [-0.2, 0) is 30.4 Å². The Labute approximate surface area is 299 Å². The van der Waals surface area contributed by atoms with E-state index in [0.29, 0.717) is 32.2 Å². The maximum absolute atomic E-state index is 13.8. The molecule has 10 heteroatoms. The molecule has 1 spiro atoms. The zero-order valence-electron chi connectivity index (χ0n) is 28.9. The summed E-state index contributed by atoms with van der Waals surface area (Å²) in [5.74, 6) is -1.82. The van der Waals surface area contributed by atoms with Crippen molar-refractivity contribution in [1.82, 2.24) is 15.5 Å². The van der Waals surface area contributed by atoms with E-state index in [1.54, 1.807) is 4.90 Å². The van der Waals surface area contributed by atoms with Gasteiger partial charge in [0.05, 0.1) is 18.1 Å². The average Bonchev–Trinajstić information content (AvgIpc) is 3.74. The predicted octanol–water partition coefficient (Wildman–Crippen LogP) is 5.63. The second-order valence-electron chi connectivity index (χ2n) is 13.8. The lowest BCUT2D eigenvalue weighted by molar-refractivity contribution is -0.149. The van der Waals surface area contributed by atoms with Gasteiger partial charge in [-0.15, -0.1) is 0 Å². The maximum atomic E-state index is 13.8. The molecule has 3 aromatic carbocycles. The third-order valence-corrected chi connectivity index (χ3v) is 10.3. The van der Waals surface area contributed by atoms with Gasteiger partial charge < -0.3 is 30.1 Å². The number of fused-ring (bicyclic) bond motifs is 3. The monoisotopic (exact) mass is 693 g/mol. The number of nitrogens with zero attached hydrogens (tertiary/aromatic N) is 1. The number of hydrogen-bond acceptors (Lipinski definition) is 7. The van der Waals surface area contributed by atoms with Crippen molar-refractivity contribution in [2.24, 2.45) is 5.92 Å². The Morgan fingerprint density at radius 3 is 2.27 bits per heavy atom. The second kappa shape index (κ2) is 16.8. The number of ether oxygens (including phenoxy) is 2. The third-order valence-electron chi connectivity index (χ3n) is 10.3. The highest BCUT2D eigenvalue weighted by molar-refractivity contribution is 5.87. The summed E-state index contributed by atoms with van der Waals surface area (Å²) in [6.07, 6.45) is 7.04. The van der Waals surface area contributed by atoms with Gasteiger partial charge in [0, 0.05) is 25.4 Å². The standard InChI is InChI=1S/C41H47N3O7/c45-24-23-44(26-29-13-3-1-4-14-29)37(46)25-30-15-5-2-6-20-36(39(48)51-28-41(43-38(30)47)21-11-12-22-41)42-40(49)50-27-35-33-18-9-7-16-31(33)32-17-8-10-19-34(32)35/h1-5,7-10,13-14,16-19,30,35-36,45H,6,11-12,15,20-28H2,(H,42,49)(H,43,47)/t30-,36+/m1/s1. The summed E-state index contributed by atoms with van der Waals surface area (Å²) in [4.78, 5) is 55.5. The molecule has 3 aliphatic rings. The first kappa shape index (κ1) is 35.9. The number of esters is 1. The molecule has 0 radical (unpaired) electrons. The van der Waals surface area contributed by atoms with Crippen LogP contribution in [0.15, 0.2) is 91.0 Å². The zero-order valence-corrected chi connectivity index (χ0v) is 28.9. The van der Waals surface area contributed by atoms with Crippen LogP contribution in [0.4, 0.5) is 4.79 Å². The number of cyclic esters (lactones) is 1. The van der Waals surface area contributed by atoms with E-state index in [0.717, 1.165) is 40.7 Å². The van der Waals surface area contributed by atoms with Crippen molar-refractivity contribution in [2.75, 3.05) is 26.4 Å². The number of rotatable bonds is 9. The number of aliphatic hydroxyl groups excluding tert-OH is 1. The number of carbonyl (C=O) groups is 4. The molecule has 0 aromatic heterocycles. The van der Waals surface area contributed by atoms with Crippen molar-refractivity contribution in [3.8, 4) is 11.1 Å².